The summed E-state index contributed by atoms with van der Waals surface area (Å²) in [5.74, 6) is 2.14. The van der Waals surface area contributed by atoms with Crippen molar-refractivity contribution < 1.29 is 9.53 Å². The zero-order chi connectivity index (χ0) is 22.9. The van der Waals surface area contributed by atoms with Crippen molar-refractivity contribution in [2.45, 2.75) is 19.8 Å². The summed E-state index contributed by atoms with van der Waals surface area (Å²) in [6, 6.07) is 29.1. The van der Waals surface area contributed by atoms with Crippen molar-refractivity contribution in [3.8, 4) is 17.0 Å². The Labute approximate surface area is 193 Å². The molecule has 0 saturated heterocycles. The Morgan fingerprint density at radius 2 is 1.58 bits per heavy atom. The van der Waals surface area contributed by atoms with E-state index in [4.69, 9.17) is 4.74 Å². The SMILES string of the molecule is Cc1nc(Nc2cccc(NC(=O)CCCOc3ccccc3)c2)cc(-c2ccccc2)n1. The summed E-state index contributed by atoms with van der Waals surface area (Å²) in [4.78, 5) is 21.4. The number of para-hydroxylation sites is 1. The van der Waals surface area contributed by atoms with E-state index in [1.807, 2.05) is 97.9 Å². The molecule has 166 valence electrons. The van der Waals surface area contributed by atoms with Gasteiger partial charge >= 0.3 is 0 Å². The van der Waals surface area contributed by atoms with Crippen LogP contribution in [-0.4, -0.2) is 22.5 Å². The Kier molecular flexibility index (Phi) is 7.28. The number of carbonyl (C=O) groups excluding carboxylic acids is 1. The van der Waals surface area contributed by atoms with E-state index in [0.717, 1.165) is 28.4 Å². The molecule has 0 spiro atoms. The minimum atomic E-state index is -0.0481. The third kappa shape index (κ3) is 6.64. The van der Waals surface area contributed by atoms with Crippen LogP contribution in [0.5, 0.6) is 5.75 Å². The quantitative estimate of drug-likeness (QED) is 0.314. The monoisotopic (exact) mass is 438 g/mol. The number of nitrogens with one attached hydrogen (secondary N) is 2. The lowest BCUT2D eigenvalue weighted by atomic mass is 10.1. The van der Waals surface area contributed by atoms with E-state index < -0.39 is 0 Å². The van der Waals surface area contributed by atoms with Crippen LogP contribution >= 0.6 is 0 Å². The van der Waals surface area contributed by atoms with Gasteiger partial charge in [-0.1, -0.05) is 54.6 Å². The first-order valence-electron chi connectivity index (χ1n) is 10.9. The van der Waals surface area contributed by atoms with Gasteiger partial charge in [0.2, 0.25) is 5.91 Å². The summed E-state index contributed by atoms with van der Waals surface area (Å²) in [5.41, 5.74) is 3.44. The average Bonchev–Trinajstić information content (AvgIpc) is 2.83. The van der Waals surface area contributed by atoms with Gasteiger partial charge in [0.25, 0.3) is 0 Å². The number of aromatic nitrogens is 2. The van der Waals surface area contributed by atoms with Gasteiger partial charge in [-0.05, 0) is 43.7 Å². The number of ether oxygens (including phenoxy) is 1. The number of carbonyl (C=O) groups is 1. The Hall–Kier alpha value is -4.19. The van der Waals surface area contributed by atoms with Crippen LogP contribution in [0, 0.1) is 6.92 Å². The van der Waals surface area contributed by atoms with Gasteiger partial charge in [0, 0.05) is 29.4 Å². The molecule has 3 aromatic carbocycles. The smallest absolute Gasteiger partial charge is 0.224 e. The average molecular weight is 439 g/mol. The maximum Gasteiger partial charge on any atom is 0.224 e. The highest BCUT2D eigenvalue weighted by Gasteiger charge is 2.07. The summed E-state index contributed by atoms with van der Waals surface area (Å²) < 4.78 is 5.64. The van der Waals surface area contributed by atoms with Crippen molar-refractivity contribution in [1.29, 1.82) is 0 Å². The maximum absolute atomic E-state index is 12.3. The molecule has 0 radical (unpaired) electrons. The first-order valence-corrected chi connectivity index (χ1v) is 10.9. The number of aryl methyl sites for hydroxylation is 1. The standard InChI is InChI=1S/C27H26N4O2/c1-20-28-25(21-10-4-2-5-11-21)19-26(29-20)30-22-12-8-13-23(18-22)31-27(32)16-9-17-33-24-14-6-3-7-15-24/h2-8,10-15,18-19H,9,16-17H2,1H3,(H,31,32)(H,28,29,30). The van der Waals surface area contributed by atoms with Crippen molar-refractivity contribution >= 4 is 23.1 Å². The Morgan fingerprint density at radius 1 is 0.848 bits per heavy atom. The molecule has 1 amide bonds. The summed E-state index contributed by atoms with van der Waals surface area (Å²) >= 11 is 0. The normalized spacial score (nSPS) is 10.5. The molecule has 0 bridgehead atoms. The van der Waals surface area contributed by atoms with E-state index in [9.17, 15) is 4.79 Å². The van der Waals surface area contributed by atoms with Crippen LogP contribution in [-0.2, 0) is 4.79 Å². The number of hydrogen-bond acceptors (Lipinski definition) is 5. The van der Waals surface area contributed by atoms with Crippen molar-refractivity contribution in [2.24, 2.45) is 0 Å². The molecule has 0 aliphatic heterocycles. The number of benzene rings is 3. The van der Waals surface area contributed by atoms with Gasteiger partial charge in [-0.25, -0.2) is 9.97 Å². The molecular weight excluding hydrogens is 412 g/mol. The molecule has 6 nitrogen and oxygen atoms in total. The Bertz CT molecular complexity index is 1200. The van der Waals surface area contributed by atoms with Crippen LogP contribution in [0.4, 0.5) is 17.2 Å². The Balaban J connectivity index is 1.33. The summed E-state index contributed by atoms with van der Waals surface area (Å²) in [7, 11) is 0. The second-order valence-electron chi connectivity index (χ2n) is 7.57. The minimum Gasteiger partial charge on any atom is -0.494 e. The first-order chi connectivity index (χ1) is 16.2. The fourth-order valence-corrected chi connectivity index (χ4v) is 3.37. The molecule has 0 atom stereocenters. The maximum atomic E-state index is 12.3. The van der Waals surface area contributed by atoms with Gasteiger partial charge < -0.3 is 15.4 Å². The van der Waals surface area contributed by atoms with E-state index in [1.165, 1.54) is 0 Å². The highest BCUT2D eigenvalue weighted by atomic mass is 16.5. The van der Waals surface area contributed by atoms with Gasteiger partial charge in [0.15, 0.2) is 0 Å². The van der Waals surface area contributed by atoms with Crippen LogP contribution in [0.1, 0.15) is 18.7 Å². The van der Waals surface area contributed by atoms with E-state index in [-0.39, 0.29) is 5.91 Å². The molecule has 0 aliphatic rings. The highest BCUT2D eigenvalue weighted by molar-refractivity contribution is 5.91. The largest absolute Gasteiger partial charge is 0.494 e. The number of nitrogens with zero attached hydrogens (tertiary/aromatic N) is 2. The molecule has 0 unspecified atom stereocenters. The van der Waals surface area contributed by atoms with Crippen LogP contribution in [0.3, 0.4) is 0 Å². The van der Waals surface area contributed by atoms with Crippen LogP contribution in [0.2, 0.25) is 0 Å². The number of amides is 1. The van der Waals surface area contributed by atoms with Crippen molar-refractivity contribution in [3.63, 3.8) is 0 Å². The van der Waals surface area contributed by atoms with E-state index in [0.29, 0.717) is 31.1 Å². The minimum absolute atomic E-state index is 0.0481. The van der Waals surface area contributed by atoms with Gasteiger partial charge in [0.05, 0.1) is 12.3 Å². The molecule has 2 N–H and O–H groups in total. The van der Waals surface area contributed by atoms with Crippen molar-refractivity contribution in [2.75, 3.05) is 17.2 Å². The molecule has 0 aliphatic carbocycles. The molecule has 0 fully saturated rings. The summed E-state index contributed by atoms with van der Waals surface area (Å²) in [5, 5.41) is 6.26. The van der Waals surface area contributed by atoms with Gasteiger partial charge in [-0.3, -0.25) is 4.79 Å². The fourth-order valence-electron chi connectivity index (χ4n) is 3.37. The molecule has 1 aromatic heterocycles. The third-order valence-electron chi connectivity index (χ3n) is 4.89. The van der Waals surface area contributed by atoms with Crippen LogP contribution in [0.15, 0.2) is 91.0 Å². The molecule has 0 saturated carbocycles. The van der Waals surface area contributed by atoms with Crippen LogP contribution < -0.4 is 15.4 Å². The number of rotatable bonds is 9. The molecule has 1 heterocycles. The number of anilines is 3. The Morgan fingerprint density at radius 3 is 2.36 bits per heavy atom. The van der Waals surface area contributed by atoms with Gasteiger partial charge in [-0.15, -0.1) is 0 Å². The molecule has 4 rings (SSSR count). The zero-order valence-electron chi connectivity index (χ0n) is 18.5. The summed E-state index contributed by atoms with van der Waals surface area (Å²) in [6.45, 7) is 2.37. The highest BCUT2D eigenvalue weighted by Crippen LogP contribution is 2.23. The van der Waals surface area contributed by atoms with Gasteiger partial charge in [-0.2, -0.15) is 0 Å². The lowest BCUT2D eigenvalue weighted by molar-refractivity contribution is -0.116. The second kappa shape index (κ2) is 10.9. The van der Waals surface area contributed by atoms with Crippen LogP contribution in [0.25, 0.3) is 11.3 Å². The predicted octanol–water partition coefficient (Wildman–Crippen LogP) is 5.99. The third-order valence-corrected chi connectivity index (χ3v) is 4.89. The molecule has 6 heteroatoms. The summed E-state index contributed by atoms with van der Waals surface area (Å²) in [6.07, 6.45) is 1.02. The van der Waals surface area contributed by atoms with Crippen molar-refractivity contribution in [3.05, 3.63) is 96.8 Å². The van der Waals surface area contributed by atoms with Crippen molar-refractivity contribution in [1.82, 2.24) is 9.97 Å². The lowest BCUT2D eigenvalue weighted by Gasteiger charge is -2.11. The topological polar surface area (TPSA) is 76.1 Å². The van der Waals surface area contributed by atoms with E-state index in [1.54, 1.807) is 0 Å². The number of hydrogen-bond donors (Lipinski definition) is 2. The molecule has 33 heavy (non-hydrogen) atoms. The lowest BCUT2D eigenvalue weighted by Crippen LogP contribution is -2.13. The fraction of sp³-hybridized carbons (Fsp3) is 0.148. The predicted molar refractivity (Wildman–Crippen MR) is 132 cm³/mol. The zero-order valence-corrected chi connectivity index (χ0v) is 18.5. The second-order valence-corrected chi connectivity index (χ2v) is 7.57. The first kappa shape index (κ1) is 22.0. The molecular formula is C27H26N4O2. The molecule has 4 aromatic rings. The van der Waals surface area contributed by atoms with E-state index in [2.05, 4.69) is 20.6 Å². The van der Waals surface area contributed by atoms with E-state index >= 15 is 0 Å². The van der Waals surface area contributed by atoms with Gasteiger partial charge in [0.1, 0.15) is 17.4 Å².